The van der Waals surface area contributed by atoms with Gasteiger partial charge in [0.15, 0.2) is 0 Å². The molecule has 2 aromatic rings. The summed E-state index contributed by atoms with van der Waals surface area (Å²) < 4.78 is 5.19. The van der Waals surface area contributed by atoms with E-state index in [0.29, 0.717) is 32.0 Å². The highest BCUT2D eigenvalue weighted by Crippen LogP contribution is 2.33. The predicted octanol–water partition coefficient (Wildman–Crippen LogP) is 4.74. The Morgan fingerprint density at radius 1 is 0.943 bits per heavy atom. The van der Waals surface area contributed by atoms with Crippen LogP contribution in [0.25, 0.3) is 0 Å². The molecule has 35 heavy (non-hydrogen) atoms. The van der Waals surface area contributed by atoms with Gasteiger partial charge < -0.3 is 14.5 Å². The first-order valence-electron chi connectivity index (χ1n) is 12.7. The summed E-state index contributed by atoms with van der Waals surface area (Å²) in [5, 5.41) is 0.734. The summed E-state index contributed by atoms with van der Waals surface area (Å²) in [7, 11) is 1.55. The smallest absolute Gasteiger partial charge is 0.252 e. The second-order valence-corrected chi connectivity index (χ2v) is 10.1. The highest BCUT2D eigenvalue weighted by Gasteiger charge is 2.28. The molecule has 2 aromatic carbocycles. The van der Waals surface area contributed by atoms with Gasteiger partial charge in [0.05, 0.1) is 0 Å². The van der Waals surface area contributed by atoms with Gasteiger partial charge in [0.1, 0.15) is 6.61 Å². The Morgan fingerprint density at radius 2 is 1.66 bits per heavy atom. The molecule has 4 rings (SSSR count). The Morgan fingerprint density at radius 3 is 2.37 bits per heavy atom. The van der Waals surface area contributed by atoms with Crippen LogP contribution in [-0.2, 0) is 27.4 Å². The number of anilines is 1. The molecule has 0 spiro atoms. The number of hydrogen-bond donors (Lipinski definition) is 0. The number of rotatable bonds is 6. The minimum absolute atomic E-state index is 0.0349. The minimum atomic E-state index is -0.0582. The molecule has 0 radical (unpaired) electrons. The van der Waals surface area contributed by atoms with E-state index in [4.69, 9.17) is 16.3 Å². The van der Waals surface area contributed by atoms with Gasteiger partial charge in [0.25, 0.3) is 5.91 Å². The lowest BCUT2D eigenvalue weighted by Crippen LogP contribution is -2.40. The van der Waals surface area contributed by atoms with Crippen LogP contribution in [0.2, 0.25) is 5.02 Å². The number of benzene rings is 2. The summed E-state index contributed by atoms with van der Waals surface area (Å²) in [6.45, 7) is 4.44. The van der Waals surface area contributed by atoms with Crippen LogP contribution in [0, 0.1) is 5.92 Å². The molecule has 1 aliphatic heterocycles. The third-order valence-corrected chi connectivity index (χ3v) is 7.06. The van der Waals surface area contributed by atoms with Crippen LogP contribution in [0.1, 0.15) is 43.2 Å². The molecule has 7 heteroatoms. The SMILES string of the molecule is COCC(=O)N1CCCN(Cc2ccc(Cl)cc2)CCCN(C(=O)CC2CC2)Cc2ccccc21. The lowest BCUT2D eigenvalue weighted by atomic mass is 10.1. The maximum absolute atomic E-state index is 13.2. The van der Waals surface area contributed by atoms with Crippen molar-refractivity contribution in [3.8, 4) is 0 Å². The summed E-state index contributed by atoms with van der Waals surface area (Å²) >= 11 is 6.08. The van der Waals surface area contributed by atoms with Gasteiger partial charge in [-0.15, -0.1) is 0 Å². The number of methoxy groups -OCH3 is 1. The highest BCUT2D eigenvalue weighted by molar-refractivity contribution is 6.30. The first-order valence-corrected chi connectivity index (χ1v) is 13.0. The quantitative estimate of drug-likeness (QED) is 0.578. The molecule has 1 saturated carbocycles. The van der Waals surface area contributed by atoms with E-state index in [9.17, 15) is 9.59 Å². The molecule has 2 aliphatic rings. The monoisotopic (exact) mass is 497 g/mol. The number of amides is 2. The molecule has 188 valence electrons. The zero-order valence-corrected chi connectivity index (χ0v) is 21.4. The van der Waals surface area contributed by atoms with Crippen LogP contribution in [0.15, 0.2) is 48.5 Å². The van der Waals surface area contributed by atoms with E-state index in [-0.39, 0.29) is 18.4 Å². The van der Waals surface area contributed by atoms with Crippen molar-refractivity contribution in [3.63, 3.8) is 0 Å². The number of halogens is 1. The van der Waals surface area contributed by atoms with Crippen molar-refractivity contribution >= 4 is 29.1 Å². The summed E-state index contributed by atoms with van der Waals surface area (Å²) in [4.78, 5) is 32.5. The third kappa shape index (κ3) is 7.53. The van der Waals surface area contributed by atoms with Gasteiger partial charge in [-0.3, -0.25) is 14.5 Å². The Hall–Kier alpha value is -2.41. The average Bonchev–Trinajstić information content (AvgIpc) is 3.66. The van der Waals surface area contributed by atoms with Gasteiger partial charge in [-0.25, -0.2) is 0 Å². The van der Waals surface area contributed by atoms with E-state index in [1.54, 1.807) is 7.11 Å². The maximum atomic E-state index is 13.2. The van der Waals surface area contributed by atoms with Crippen LogP contribution >= 0.6 is 11.6 Å². The van der Waals surface area contributed by atoms with Crippen LogP contribution in [0.5, 0.6) is 0 Å². The summed E-state index contributed by atoms with van der Waals surface area (Å²) in [5.74, 6) is 0.704. The lowest BCUT2D eigenvalue weighted by molar-refractivity contribution is -0.132. The zero-order chi connectivity index (χ0) is 24.6. The fourth-order valence-electron chi connectivity index (χ4n) is 4.74. The van der Waals surface area contributed by atoms with Crippen molar-refractivity contribution in [2.75, 3.05) is 44.8 Å². The lowest BCUT2D eigenvalue weighted by Gasteiger charge is -2.31. The minimum Gasteiger partial charge on any atom is -0.375 e. The Kier molecular flexibility index (Phi) is 9.18. The Balaban J connectivity index is 1.57. The summed E-state index contributed by atoms with van der Waals surface area (Å²) in [5.41, 5.74) is 3.10. The molecule has 2 amide bonds. The van der Waals surface area contributed by atoms with E-state index in [0.717, 1.165) is 61.6 Å². The van der Waals surface area contributed by atoms with Gasteiger partial charge in [-0.2, -0.15) is 0 Å². The first kappa shape index (κ1) is 25.7. The molecule has 6 nitrogen and oxygen atoms in total. The summed E-state index contributed by atoms with van der Waals surface area (Å²) in [6.07, 6.45) is 4.71. The molecule has 1 fully saturated rings. The number of hydrogen-bond acceptors (Lipinski definition) is 4. The second kappa shape index (κ2) is 12.5. The second-order valence-electron chi connectivity index (χ2n) is 9.68. The molecule has 0 aromatic heterocycles. The highest BCUT2D eigenvalue weighted by atomic mass is 35.5. The van der Waals surface area contributed by atoms with E-state index >= 15 is 0 Å². The van der Waals surface area contributed by atoms with Crippen LogP contribution in [-0.4, -0.2) is 61.5 Å². The average molecular weight is 498 g/mol. The zero-order valence-electron chi connectivity index (χ0n) is 20.6. The maximum Gasteiger partial charge on any atom is 0.252 e. The van der Waals surface area contributed by atoms with Crippen molar-refractivity contribution in [1.29, 1.82) is 0 Å². The molecular formula is C28H36ClN3O3. The van der Waals surface area contributed by atoms with Crippen LogP contribution < -0.4 is 4.90 Å². The number of carbonyl (C=O) groups is 2. The van der Waals surface area contributed by atoms with Crippen molar-refractivity contribution in [2.24, 2.45) is 5.92 Å². The van der Waals surface area contributed by atoms with Gasteiger partial charge in [-0.05, 0) is 60.9 Å². The van der Waals surface area contributed by atoms with E-state index in [1.807, 2.05) is 46.2 Å². The number of ether oxygens (including phenoxy) is 1. The van der Waals surface area contributed by atoms with Gasteiger partial charge >= 0.3 is 0 Å². The standard InChI is InChI=1S/C28H36ClN3O3/c1-35-21-28(34)32-17-5-15-30(19-23-10-12-25(29)13-11-23)14-4-16-31(27(33)18-22-8-9-22)20-24-6-2-3-7-26(24)32/h2-3,6-7,10-13,22H,4-5,8-9,14-21H2,1H3. The molecule has 0 saturated heterocycles. The largest absolute Gasteiger partial charge is 0.375 e. The molecule has 0 bridgehead atoms. The molecule has 0 unspecified atom stereocenters. The molecule has 1 aliphatic carbocycles. The van der Waals surface area contributed by atoms with Gasteiger partial charge in [0, 0.05) is 63.5 Å². The fraction of sp³-hybridized carbons (Fsp3) is 0.500. The number of carbonyl (C=O) groups excluding carboxylic acids is 2. The van der Waals surface area contributed by atoms with Crippen molar-refractivity contribution in [1.82, 2.24) is 9.80 Å². The molecular weight excluding hydrogens is 462 g/mol. The van der Waals surface area contributed by atoms with Crippen LogP contribution in [0.3, 0.4) is 0 Å². The topological polar surface area (TPSA) is 53.1 Å². The van der Waals surface area contributed by atoms with E-state index in [1.165, 1.54) is 5.56 Å². The van der Waals surface area contributed by atoms with Crippen molar-refractivity contribution in [2.45, 2.75) is 45.2 Å². The molecule has 0 atom stereocenters. The third-order valence-electron chi connectivity index (χ3n) is 6.80. The fourth-order valence-corrected chi connectivity index (χ4v) is 4.87. The Bertz CT molecular complexity index is 993. The number of nitrogens with zero attached hydrogens (tertiary/aromatic N) is 3. The van der Waals surface area contributed by atoms with Gasteiger partial charge in [-0.1, -0.05) is 41.9 Å². The predicted molar refractivity (Wildman–Crippen MR) is 139 cm³/mol. The first-order chi connectivity index (χ1) is 17.0. The molecule has 0 N–H and O–H groups in total. The summed E-state index contributed by atoms with van der Waals surface area (Å²) in [6, 6.07) is 16.0. The number of para-hydroxylation sites is 1. The normalized spacial score (nSPS) is 17.9. The van der Waals surface area contributed by atoms with E-state index in [2.05, 4.69) is 17.0 Å². The van der Waals surface area contributed by atoms with Crippen molar-refractivity contribution < 1.29 is 14.3 Å². The van der Waals surface area contributed by atoms with Gasteiger partial charge in [0.2, 0.25) is 5.91 Å². The number of fused-ring (bicyclic) bond motifs is 1. The molecule has 1 heterocycles. The van der Waals surface area contributed by atoms with E-state index < -0.39 is 0 Å². The van der Waals surface area contributed by atoms with Crippen molar-refractivity contribution in [3.05, 3.63) is 64.7 Å². The van der Waals surface area contributed by atoms with Crippen LogP contribution in [0.4, 0.5) is 5.69 Å². The Labute approximate surface area is 213 Å².